The van der Waals surface area contributed by atoms with E-state index in [0.717, 1.165) is 30.1 Å². The molecule has 0 aliphatic carbocycles. The van der Waals surface area contributed by atoms with E-state index in [-0.39, 0.29) is 23.5 Å². The first-order chi connectivity index (χ1) is 15.9. The number of anilines is 1. The molecule has 2 aliphatic rings. The van der Waals surface area contributed by atoms with E-state index in [1.165, 1.54) is 10.4 Å². The van der Waals surface area contributed by atoms with Gasteiger partial charge in [-0.2, -0.15) is 4.31 Å². The molecule has 4 rings (SSSR count). The number of amides is 1. The van der Waals surface area contributed by atoms with Crippen molar-refractivity contribution in [2.45, 2.75) is 11.3 Å². The summed E-state index contributed by atoms with van der Waals surface area (Å²) >= 11 is 0. The van der Waals surface area contributed by atoms with Gasteiger partial charge in [0.05, 0.1) is 30.8 Å². The lowest BCUT2D eigenvalue weighted by atomic mass is 10.2. The van der Waals surface area contributed by atoms with Crippen LogP contribution in [0.4, 0.5) is 10.1 Å². The Kier molecular flexibility index (Phi) is 7.16. The monoisotopic (exact) mass is 477 g/mol. The molecule has 0 aromatic heterocycles. The number of rotatable bonds is 5. The van der Waals surface area contributed by atoms with Crippen LogP contribution in [0.25, 0.3) is 0 Å². The summed E-state index contributed by atoms with van der Waals surface area (Å²) in [5.74, 6) is -0.451. The highest BCUT2D eigenvalue weighted by Gasteiger charge is 2.29. The maximum absolute atomic E-state index is 14.6. The summed E-state index contributed by atoms with van der Waals surface area (Å²) in [5, 5.41) is 0. The Balaban J connectivity index is 1.50. The van der Waals surface area contributed by atoms with Crippen molar-refractivity contribution in [2.75, 3.05) is 64.5 Å². The van der Waals surface area contributed by atoms with Crippen LogP contribution in [0.5, 0.6) is 5.75 Å². The molecule has 1 amide bonds. The van der Waals surface area contributed by atoms with Gasteiger partial charge in [0, 0.05) is 45.0 Å². The summed E-state index contributed by atoms with van der Waals surface area (Å²) in [5.41, 5.74) is 0.803. The predicted octanol–water partition coefficient (Wildman–Crippen LogP) is 2.21. The molecule has 8 nitrogen and oxygen atoms in total. The Morgan fingerprint density at radius 3 is 2.39 bits per heavy atom. The van der Waals surface area contributed by atoms with E-state index in [0.29, 0.717) is 39.3 Å². The Bertz CT molecular complexity index is 1090. The van der Waals surface area contributed by atoms with E-state index >= 15 is 0 Å². The van der Waals surface area contributed by atoms with Gasteiger partial charge >= 0.3 is 0 Å². The van der Waals surface area contributed by atoms with Crippen LogP contribution >= 0.6 is 0 Å². The molecule has 2 aliphatic heterocycles. The average molecular weight is 478 g/mol. The van der Waals surface area contributed by atoms with E-state index in [1.807, 2.05) is 24.3 Å². The molecule has 0 spiro atoms. The van der Waals surface area contributed by atoms with Gasteiger partial charge in [-0.25, -0.2) is 12.8 Å². The quantitative estimate of drug-likeness (QED) is 0.657. The van der Waals surface area contributed by atoms with E-state index < -0.39 is 21.7 Å². The molecule has 0 N–H and O–H groups in total. The van der Waals surface area contributed by atoms with Crippen LogP contribution in [0, 0.1) is 5.82 Å². The van der Waals surface area contributed by atoms with Crippen molar-refractivity contribution in [3.63, 3.8) is 0 Å². The van der Waals surface area contributed by atoms with Gasteiger partial charge in [0.1, 0.15) is 11.6 Å². The molecule has 0 radical (unpaired) electrons. The topological polar surface area (TPSA) is 79.4 Å². The molecule has 178 valence electrons. The zero-order valence-electron chi connectivity index (χ0n) is 18.6. The zero-order chi connectivity index (χ0) is 23.4. The molecule has 2 saturated heterocycles. The highest BCUT2D eigenvalue weighted by Crippen LogP contribution is 2.24. The lowest BCUT2D eigenvalue weighted by Gasteiger charge is -2.26. The van der Waals surface area contributed by atoms with Gasteiger partial charge in [-0.15, -0.1) is 0 Å². The number of methoxy groups -OCH3 is 1. The number of hydrogen-bond donors (Lipinski definition) is 0. The Labute approximate surface area is 193 Å². The molecule has 2 fully saturated rings. The Morgan fingerprint density at radius 2 is 1.70 bits per heavy atom. The van der Waals surface area contributed by atoms with Gasteiger partial charge in [-0.1, -0.05) is 0 Å². The van der Waals surface area contributed by atoms with E-state index in [1.54, 1.807) is 12.0 Å². The second-order valence-electron chi connectivity index (χ2n) is 7.99. The van der Waals surface area contributed by atoms with Crippen LogP contribution in [-0.2, 0) is 14.8 Å². The van der Waals surface area contributed by atoms with Crippen molar-refractivity contribution in [3.05, 3.63) is 53.8 Å². The van der Waals surface area contributed by atoms with E-state index in [9.17, 15) is 17.6 Å². The standard InChI is InChI=1S/C23H28FN3O5S/c1-31-19-5-3-18(4-6-19)25-9-2-10-26(12-11-25)23(28)21-17-20(7-8-22(21)24)33(29,30)27-13-15-32-16-14-27/h3-8,17H,2,9-16H2,1H3. The number of hydrogen-bond acceptors (Lipinski definition) is 6. The normalized spacial score (nSPS) is 18.1. The van der Waals surface area contributed by atoms with E-state index in [4.69, 9.17) is 9.47 Å². The van der Waals surface area contributed by atoms with Crippen LogP contribution in [0.2, 0.25) is 0 Å². The first kappa shape index (κ1) is 23.5. The molecule has 10 heteroatoms. The third-order valence-corrected chi connectivity index (χ3v) is 7.89. The van der Waals surface area contributed by atoms with Crippen molar-refractivity contribution in [1.82, 2.24) is 9.21 Å². The fourth-order valence-electron chi connectivity index (χ4n) is 4.11. The van der Waals surface area contributed by atoms with Gasteiger partial charge in [-0.05, 0) is 48.9 Å². The lowest BCUT2D eigenvalue weighted by Crippen LogP contribution is -2.40. The minimum absolute atomic E-state index is 0.0798. The van der Waals surface area contributed by atoms with Crippen molar-refractivity contribution in [3.8, 4) is 5.75 Å². The number of benzene rings is 2. The molecule has 0 atom stereocenters. The van der Waals surface area contributed by atoms with Crippen molar-refractivity contribution < 1.29 is 27.1 Å². The summed E-state index contributed by atoms with van der Waals surface area (Å²) < 4.78 is 52.3. The summed E-state index contributed by atoms with van der Waals surface area (Å²) in [6.45, 7) is 3.30. The second kappa shape index (κ2) is 10.1. The minimum Gasteiger partial charge on any atom is -0.497 e. The fraction of sp³-hybridized carbons (Fsp3) is 0.435. The number of morpholine rings is 1. The molecule has 0 unspecified atom stereocenters. The maximum Gasteiger partial charge on any atom is 0.256 e. The first-order valence-corrected chi connectivity index (χ1v) is 12.4. The van der Waals surface area contributed by atoms with Crippen molar-refractivity contribution in [2.24, 2.45) is 0 Å². The third kappa shape index (κ3) is 5.13. The number of sulfonamides is 1. The van der Waals surface area contributed by atoms with Gasteiger partial charge in [0.2, 0.25) is 10.0 Å². The van der Waals surface area contributed by atoms with Gasteiger partial charge < -0.3 is 19.3 Å². The summed E-state index contributed by atoms with van der Waals surface area (Å²) in [4.78, 5) is 16.9. The molecule has 2 aromatic rings. The minimum atomic E-state index is -3.83. The second-order valence-corrected chi connectivity index (χ2v) is 9.93. The summed E-state index contributed by atoms with van der Waals surface area (Å²) in [6, 6.07) is 11.1. The number of ether oxygens (including phenoxy) is 2. The molecular weight excluding hydrogens is 449 g/mol. The molecule has 0 saturated carbocycles. The van der Waals surface area contributed by atoms with Crippen LogP contribution < -0.4 is 9.64 Å². The Morgan fingerprint density at radius 1 is 0.970 bits per heavy atom. The largest absolute Gasteiger partial charge is 0.497 e. The van der Waals surface area contributed by atoms with E-state index in [2.05, 4.69) is 4.90 Å². The maximum atomic E-state index is 14.6. The number of carbonyl (C=O) groups is 1. The van der Waals surface area contributed by atoms with Gasteiger partial charge in [0.25, 0.3) is 5.91 Å². The smallest absolute Gasteiger partial charge is 0.256 e. The molecule has 0 bridgehead atoms. The Hall–Kier alpha value is -2.69. The number of halogens is 1. The van der Waals surface area contributed by atoms with Gasteiger partial charge in [0.15, 0.2) is 0 Å². The van der Waals surface area contributed by atoms with Gasteiger partial charge in [-0.3, -0.25) is 4.79 Å². The third-order valence-electron chi connectivity index (χ3n) is 6.00. The highest BCUT2D eigenvalue weighted by molar-refractivity contribution is 7.89. The van der Waals surface area contributed by atoms with Crippen LogP contribution in [0.1, 0.15) is 16.8 Å². The first-order valence-electron chi connectivity index (χ1n) is 11.0. The van der Waals surface area contributed by atoms with Crippen molar-refractivity contribution >= 4 is 21.6 Å². The lowest BCUT2D eigenvalue weighted by molar-refractivity contribution is 0.0729. The van der Waals surface area contributed by atoms with Crippen LogP contribution in [0.15, 0.2) is 47.4 Å². The highest BCUT2D eigenvalue weighted by atomic mass is 32.2. The number of carbonyl (C=O) groups excluding carboxylic acids is 1. The molecule has 2 aromatic carbocycles. The predicted molar refractivity (Wildman–Crippen MR) is 122 cm³/mol. The van der Waals surface area contributed by atoms with Crippen LogP contribution in [-0.4, -0.2) is 83.1 Å². The zero-order valence-corrected chi connectivity index (χ0v) is 19.4. The number of nitrogens with zero attached hydrogens (tertiary/aromatic N) is 3. The molecule has 2 heterocycles. The summed E-state index contributed by atoms with van der Waals surface area (Å²) in [7, 11) is -2.21. The molecular formula is C23H28FN3O5S. The average Bonchev–Trinajstić information content (AvgIpc) is 3.11. The summed E-state index contributed by atoms with van der Waals surface area (Å²) in [6.07, 6.45) is 0.713. The van der Waals surface area contributed by atoms with Crippen LogP contribution in [0.3, 0.4) is 0 Å². The molecule has 33 heavy (non-hydrogen) atoms. The fourth-order valence-corrected chi connectivity index (χ4v) is 5.54. The SMILES string of the molecule is COc1ccc(N2CCCN(C(=O)c3cc(S(=O)(=O)N4CCOCC4)ccc3F)CC2)cc1. The van der Waals surface area contributed by atoms with Crippen molar-refractivity contribution in [1.29, 1.82) is 0 Å².